The Morgan fingerprint density at radius 1 is 1.24 bits per heavy atom. The molecule has 0 aliphatic carbocycles. The number of guanidine groups is 1. The normalized spacial score (nSPS) is 11.6. The van der Waals surface area contributed by atoms with Crippen molar-refractivity contribution < 1.29 is 4.74 Å². The third-order valence-corrected chi connectivity index (χ3v) is 3.84. The van der Waals surface area contributed by atoms with E-state index in [2.05, 4.69) is 32.7 Å². The Hall–Kier alpha value is -2.12. The minimum Gasteiger partial charge on any atom is -0.383 e. The number of aromatic nitrogens is 3. The van der Waals surface area contributed by atoms with Gasteiger partial charge in [-0.1, -0.05) is 30.7 Å². The highest BCUT2D eigenvalue weighted by atomic mass is 35.5. The molecule has 136 valence electrons. The van der Waals surface area contributed by atoms with Gasteiger partial charge in [-0.15, -0.1) is 10.2 Å². The minimum atomic E-state index is 0.576. The van der Waals surface area contributed by atoms with Crippen molar-refractivity contribution in [2.24, 2.45) is 4.99 Å². The molecule has 2 aromatic rings. The molecule has 0 aliphatic rings. The molecular weight excluding hydrogens is 340 g/mol. The first-order valence-corrected chi connectivity index (χ1v) is 8.73. The van der Waals surface area contributed by atoms with Crippen LogP contribution in [0.25, 0.3) is 0 Å². The van der Waals surface area contributed by atoms with Gasteiger partial charge in [0.2, 0.25) is 0 Å². The third-order valence-electron chi connectivity index (χ3n) is 3.59. The number of hydrogen-bond donors (Lipinski definition) is 2. The van der Waals surface area contributed by atoms with Gasteiger partial charge in [0, 0.05) is 38.2 Å². The Labute approximate surface area is 153 Å². The zero-order valence-electron chi connectivity index (χ0n) is 14.7. The topological polar surface area (TPSA) is 76.4 Å². The molecule has 8 heteroatoms. The molecule has 0 bridgehead atoms. The summed E-state index contributed by atoms with van der Waals surface area (Å²) in [5.41, 5.74) is 1.10. The van der Waals surface area contributed by atoms with Crippen molar-refractivity contribution >= 4 is 17.6 Å². The summed E-state index contributed by atoms with van der Waals surface area (Å²) in [6, 6.07) is 7.69. The molecule has 0 spiro atoms. The number of ether oxygens (including phenoxy) is 1. The molecule has 2 rings (SSSR count). The summed E-state index contributed by atoms with van der Waals surface area (Å²) in [6.07, 6.45) is 2.62. The van der Waals surface area contributed by atoms with Gasteiger partial charge >= 0.3 is 0 Å². The molecule has 0 saturated carbocycles. The number of halogens is 1. The fourth-order valence-corrected chi connectivity index (χ4v) is 2.37. The number of methoxy groups -OCH3 is 1. The number of benzene rings is 1. The fourth-order valence-electron chi connectivity index (χ4n) is 2.24. The summed E-state index contributed by atoms with van der Waals surface area (Å²) in [6.45, 7) is 5.46. The summed E-state index contributed by atoms with van der Waals surface area (Å²) in [4.78, 5) is 4.61. The van der Waals surface area contributed by atoms with Crippen LogP contribution in [0.4, 0.5) is 0 Å². The summed E-state index contributed by atoms with van der Waals surface area (Å²) < 4.78 is 7.12. The lowest BCUT2D eigenvalue weighted by Crippen LogP contribution is -2.40. The van der Waals surface area contributed by atoms with Gasteiger partial charge in [-0.25, -0.2) is 4.99 Å². The van der Waals surface area contributed by atoms with Crippen LogP contribution in [-0.2, 0) is 24.2 Å². The fraction of sp³-hybridized carbons (Fsp3) is 0.471. The summed E-state index contributed by atoms with van der Waals surface area (Å²) in [7, 11) is 1.68. The molecule has 25 heavy (non-hydrogen) atoms. The lowest BCUT2D eigenvalue weighted by molar-refractivity contribution is 0.203. The number of aliphatic imine (C=N–C) groups is 1. The molecule has 0 radical (unpaired) electrons. The number of rotatable bonds is 9. The van der Waals surface area contributed by atoms with Crippen LogP contribution < -0.4 is 10.6 Å². The first-order chi connectivity index (χ1) is 12.2. The zero-order chi connectivity index (χ0) is 17.9. The van der Waals surface area contributed by atoms with Crippen LogP contribution in [0.2, 0.25) is 5.02 Å². The van der Waals surface area contributed by atoms with Crippen LogP contribution in [0, 0.1) is 0 Å². The maximum atomic E-state index is 5.91. The SMILES string of the molecule is CCc1nncn1CCNC(=NCc1ccc(Cl)cc1)NCCOC. The van der Waals surface area contributed by atoms with Gasteiger partial charge in [-0.2, -0.15) is 0 Å². The monoisotopic (exact) mass is 364 g/mol. The predicted octanol–water partition coefficient (Wildman–Crippen LogP) is 1.88. The van der Waals surface area contributed by atoms with E-state index in [1.165, 1.54) is 0 Å². The molecule has 0 fully saturated rings. The zero-order valence-corrected chi connectivity index (χ0v) is 15.5. The van der Waals surface area contributed by atoms with Crippen molar-refractivity contribution in [2.45, 2.75) is 26.4 Å². The number of aryl methyl sites for hydroxylation is 1. The Kier molecular flexibility index (Phi) is 8.21. The molecule has 1 heterocycles. The van der Waals surface area contributed by atoms with Crippen LogP contribution in [-0.4, -0.2) is 47.5 Å². The summed E-state index contributed by atoms with van der Waals surface area (Å²) >= 11 is 5.91. The largest absolute Gasteiger partial charge is 0.383 e. The summed E-state index contributed by atoms with van der Waals surface area (Å²) in [5, 5.41) is 15.4. The number of nitrogens with zero attached hydrogens (tertiary/aromatic N) is 4. The molecule has 2 N–H and O–H groups in total. The highest BCUT2D eigenvalue weighted by Gasteiger charge is 2.03. The smallest absolute Gasteiger partial charge is 0.191 e. The molecule has 0 aliphatic heterocycles. The highest BCUT2D eigenvalue weighted by molar-refractivity contribution is 6.30. The molecule has 1 aromatic carbocycles. The Morgan fingerprint density at radius 3 is 2.72 bits per heavy atom. The Morgan fingerprint density at radius 2 is 2.00 bits per heavy atom. The van der Waals surface area contributed by atoms with Gasteiger partial charge in [0.1, 0.15) is 12.2 Å². The van der Waals surface area contributed by atoms with Crippen molar-refractivity contribution in [3.63, 3.8) is 0 Å². The van der Waals surface area contributed by atoms with Crippen LogP contribution in [0.5, 0.6) is 0 Å². The van der Waals surface area contributed by atoms with Crippen molar-refractivity contribution in [1.29, 1.82) is 0 Å². The average Bonchev–Trinajstić information content (AvgIpc) is 3.08. The van der Waals surface area contributed by atoms with Crippen LogP contribution in [0.3, 0.4) is 0 Å². The molecule has 0 unspecified atom stereocenters. The predicted molar refractivity (Wildman–Crippen MR) is 99.9 cm³/mol. The van der Waals surface area contributed by atoms with Gasteiger partial charge in [0.05, 0.1) is 13.2 Å². The molecule has 7 nitrogen and oxygen atoms in total. The lowest BCUT2D eigenvalue weighted by atomic mass is 10.2. The van der Waals surface area contributed by atoms with Gasteiger partial charge in [-0.3, -0.25) is 0 Å². The van der Waals surface area contributed by atoms with E-state index in [1.807, 2.05) is 28.8 Å². The van der Waals surface area contributed by atoms with Crippen molar-refractivity contribution in [3.05, 3.63) is 47.0 Å². The molecule has 0 atom stereocenters. The van der Waals surface area contributed by atoms with Crippen LogP contribution >= 0.6 is 11.6 Å². The van der Waals surface area contributed by atoms with Gasteiger partial charge in [0.25, 0.3) is 0 Å². The third kappa shape index (κ3) is 6.72. The quantitative estimate of drug-likeness (QED) is 0.403. The molecular formula is C17H25ClN6O. The Balaban J connectivity index is 1.89. The standard InChI is InChI=1S/C17H25ClN6O/c1-3-16-23-22-13-24(16)10-8-19-17(20-9-11-25-2)21-12-14-4-6-15(18)7-5-14/h4-7,13H,3,8-12H2,1-2H3,(H2,19,20,21). The van der Waals surface area contributed by atoms with E-state index < -0.39 is 0 Å². The molecule has 0 saturated heterocycles. The van der Waals surface area contributed by atoms with E-state index in [4.69, 9.17) is 16.3 Å². The van der Waals surface area contributed by atoms with E-state index in [9.17, 15) is 0 Å². The summed E-state index contributed by atoms with van der Waals surface area (Å²) in [5.74, 6) is 1.73. The second kappa shape index (κ2) is 10.7. The highest BCUT2D eigenvalue weighted by Crippen LogP contribution is 2.10. The van der Waals surface area contributed by atoms with Gasteiger partial charge in [-0.05, 0) is 17.7 Å². The average molecular weight is 365 g/mol. The first kappa shape index (κ1) is 19.2. The van der Waals surface area contributed by atoms with E-state index in [1.54, 1.807) is 13.4 Å². The van der Waals surface area contributed by atoms with Crippen molar-refractivity contribution in [2.75, 3.05) is 26.8 Å². The van der Waals surface area contributed by atoms with E-state index in [0.29, 0.717) is 19.7 Å². The second-order valence-corrected chi connectivity index (χ2v) is 5.87. The molecule has 0 amide bonds. The number of hydrogen-bond acceptors (Lipinski definition) is 4. The Bertz CT molecular complexity index is 655. The van der Waals surface area contributed by atoms with Gasteiger partial charge in [0.15, 0.2) is 5.96 Å². The lowest BCUT2D eigenvalue weighted by Gasteiger charge is -2.13. The van der Waals surface area contributed by atoms with Gasteiger partial charge < -0.3 is 19.9 Å². The van der Waals surface area contributed by atoms with E-state index in [-0.39, 0.29) is 0 Å². The van der Waals surface area contributed by atoms with Crippen LogP contribution in [0.15, 0.2) is 35.6 Å². The second-order valence-electron chi connectivity index (χ2n) is 5.43. The van der Waals surface area contributed by atoms with E-state index >= 15 is 0 Å². The maximum absolute atomic E-state index is 5.91. The van der Waals surface area contributed by atoms with E-state index in [0.717, 1.165) is 41.9 Å². The van der Waals surface area contributed by atoms with Crippen LogP contribution in [0.1, 0.15) is 18.3 Å². The van der Waals surface area contributed by atoms with Crippen molar-refractivity contribution in [3.8, 4) is 0 Å². The van der Waals surface area contributed by atoms with Crippen molar-refractivity contribution in [1.82, 2.24) is 25.4 Å². The maximum Gasteiger partial charge on any atom is 0.191 e. The minimum absolute atomic E-state index is 0.576. The number of nitrogens with one attached hydrogen (secondary N) is 2. The molecule has 1 aromatic heterocycles. The first-order valence-electron chi connectivity index (χ1n) is 8.35.